The van der Waals surface area contributed by atoms with E-state index in [1.54, 1.807) is 54.6 Å². The van der Waals surface area contributed by atoms with Gasteiger partial charge in [-0.25, -0.2) is 4.39 Å². The zero-order valence-corrected chi connectivity index (χ0v) is 14.8. The van der Waals surface area contributed by atoms with E-state index in [0.29, 0.717) is 16.8 Å². The van der Waals surface area contributed by atoms with E-state index in [9.17, 15) is 14.0 Å². The molecule has 0 saturated heterocycles. The topological polar surface area (TPSA) is 46.2 Å². The van der Waals surface area contributed by atoms with Crippen molar-refractivity contribution in [2.24, 2.45) is 0 Å². The van der Waals surface area contributed by atoms with E-state index >= 15 is 0 Å². The first-order chi connectivity index (χ1) is 13.0. The van der Waals surface area contributed by atoms with Gasteiger partial charge in [0, 0.05) is 16.8 Å². The summed E-state index contributed by atoms with van der Waals surface area (Å²) in [4.78, 5) is 24.7. The summed E-state index contributed by atoms with van der Waals surface area (Å²) in [6.07, 6.45) is 3.05. The molecule has 27 heavy (non-hydrogen) atoms. The van der Waals surface area contributed by atoms with Crippen molar-refractivity contribution in [3.8, 4) is 0 Å². The fourth-order valence-corrected chi connectivity index (χ4v) is 2.50. The van der Waals surface area contributed by atoms with E-state index in [2.05, 4.69) is 5.32 Å². The van der Waals surface area contributed by atoms with Crippen LogP contribution in [0.1, 0.15) is 31.8 Å². The molecule has 134 valence electrons. The van der Waals surface area contributed by atoms with Crippen LogP contribution in [0.25, 0.3) is 6.08 Å². The minimum atomic E-state index is -0.324. The monoisotopic (exact) mass is 359 g/mol. The van der Waals surface area contributed by atoms with Crippen LogP contribution in [-0.4, -0.2) is 11.7 Å². The van der Waals surface area contributed by atoms with Gasteiger partial charge < -0.3 is 5.32 Å². The van der Waals surface area contributed by atoms with Gasteiger partial charge in [-0.1, -0.05) is 48.0 Å². The number of rotatable bonds is 5. The van der Waals surface area contributed by atoms with E-state index in [1.165, 1.54) is 18.2 Å². The van der Waals surface area contributed by atoms with Crippen LogP contribution >= 0.6 is 0 Å². The maximum atomic E-state index is 12.9. The van der Waals surface area contributed by atoms with Crippen LogP contribution in [0, 0.1) is 12.7 Å². The van der Waals surface area contributed by atoms with Crippen molar-refractivity contribution in [2.75, 3.05) is 5.32 Å². The zero-order valence-electron chi connectivity index (χ0n) is 14.8. The van der Waals surface area contributed by atoms with Gasteiger partial charge in [-0.2, -0.15) is 0 Å². The summed E-state index contributed by atoms with van der Waals surface area (Å²) < 4.78 is 12.9. The van der Waals surface area contributed by atoms with Crippen LogP contribution in [-0.2, 0) is 0 Å². The minimum Gasteiger partial charge on any atom is -0.322 e. The van der Waals surface area contributed by atoms with Gasteiger partial charge >= 0.3 is 0 Å². The molecule has 0 bridgehead atoms. The Morgan fingerprint density at radius 2 is 1.59 bits per heavy atom. The molecule has 0 aliphatic rings. The number of benzene rings is 3. The van der Waals surface area contributed by atoms with Gasteiger partial charge in [0.05, 0.1) is 0 Å². The lowest BCUT2D eigenvalue weighted by Gasteiger charge is -2.07. The smallest absolute Gasteiger partial charge is 0.255 e. The van der Waals surface area contributed by atoms with Gasteiger partial charge in [-0.3, -0.25) is 9.59 Å². The van der Waals surface area contributed by atoms with Crippen LogP contribution in [0.3, 0.4) is 0 Å². The Bertz CT molecular complexity index is 990. The van der Waals surface area contributed by atoms with Gasteiger partial charge in [-0.15, -0.1) is 0 Å². The van der Waals surface area contributed by atoms with E-state index in [1.807, 2.05) is 19.1 Å². The van der Waals surface area contributed by atoms with Crippen molar-refractivity contribution in [2.45, 2.75) is 6.92 Å². The molecule has 0 unspecified atom stereocenters. The maximum Gasteiger partial charge on any atom is 0.255 e. The molecule has 0 aliphatic heterocycles. The molecule has 0 spiro atoms. The predicted molar refractivity (Wildman–Crippen MR) is 105 cm³/mol. The van der Waals surface area contributed by atoms with E-state index < -0.39 is 0 Å². The first-order valence-corrected chi connectivity index (χ1v) is 8.47. The summed E-state index contributed by atoms with van der Waals surface area (Å²) >= 11 is 0. The third-order valence-electron chi connectivity index (χ3n) is 4.02. The first-order valence-electron chi connectivity index (χ1n) is 8.47. The Hall–Kier alpha value is -3.53. The fourth-order valence-electron chi connectivity index (χ4n) is 2.50. The number of aryl methyl sites for hydroxylation is 1. The summed E-state index contributed by atoms with van der Waals surface area (Å²) in [6, 6.07) is 19.9. The van der Waals surface area contributed by atoms with Gasteiger partial charge in [0.15, 0.2) is 5.78 Å². The van der Waals surface area contributed by atoms with Crippen molar-refractivity contribution in [3.63, 3.8) is 0 Å². The third kappa shape index (κ3) is 4.98. The molecule has 0 radical (unpaired) electrons. The molecule has 0 fully saturated rings. The molecule has 1 amide bonds. The summed E-state index contributed by atoms with van der Waals surface area (Å²) in [6.45, 7) is 1.95. The van der Waals surface area contributed by atoms with E-state index in [4.69, 9.17) is 0 Å². The Balaban J connectivity index is 1.70. The number of hydrogen-bond acceptors (Lipinski definition) is 2. The number of nitrogens with one attached hydrogen (secondary N) is 1. The van der Waals surface area contributed by atoms with Crippen molar-refractivity contribution >= 4 is 23.5 Å². The number of halogens is 1. The highest BCUT2D eigenvalue weighted by Crippen LogP contribution is 2.14. The fraction of sp³-hybridized carbons (Fsp3) is 0.0435. The molecule has 3 aromatic rings. The van der Waals surface area contributed by atoms with E-state index in [0.717, 1.165) is 11.1 Å². The molecule has 0 aliphatic carbocycles. The van der Waals surface area contributed by atoms with Gasteiger partial charge in [-0.05, 0) is 55.0 Å². The van der Waals surface area contributed by atoms with Crippen LogP contribution in [0.5, 0.6) is 0 Å². The summed E-state index contributed by atoms with van der Waals surface area (Å²) in [5, 5.41) is 2.80. The second-order valence-electron chi connectivity index (χ2n) is 6.15. The molecule has 0 aromatic heterocycles. The summed E-state index contributed by atoms with van der Waals surface area (Å²) in [5.74, 6) is -0.761. The molecule has 0 atom stereocenters. The highest BCUT2D eigenvalue weighted by Gasteiger charge is 2.08. The highest BCUT2D eigenvalue weighted by atomic mass is 19.1. The molecule has 0 saturated carbocycles. The zero-order chi connectivity index (χ0) is 19.2. The van der Waals surface area contributed by atoms with Crippen LogP contribution in [0.4, 0.5) is 10.1 Å². The van der Waals surface area contributed by atoms with Gasteiger partial charge in [0.1, 0.15) is 5.82 Å². The largest absolute Gasteiger partial charge is 0.322 e. The molecule has 4 heteroatoms. The Morgan fingerprint density at radius 3 is 2.30 bits per heavy atom. The Morgan fingerprint density at radius 1 is 0.889 bits per heavy atom. The quantitative estimate of drug-likeness (QED) is 0.497. The van der Waals surface area contributed by atoms with Crippen molar-refractivity contribution in [1.82, 2.24) is 0 Å². The van der Waals surface area contributed by atoms with Gasteiger partial charge in [0.2, 0.25) is 0 Å². The van der Waals surface area contributed by atoms with Crippen molar-refractivity contribution in [3.05, 3.63) is 107 Å². The minimum absolute atomic E-state index is 0.203. The summed E-state index contributed by atoms with van der Waals surface area (Å²) in [7, 11) is 0. The molecule has 3 aromatic carbocycles. The average Bonchev–Trinajstić information content (AvgIpc) is 2.68. The van der Waals surface area contributed by atoms with Crippen LogP contribution in [0.2, 0.25) is 0 Å². The average molecular weight is 359 g/mol. The van der Waals surface area contributed by atoms with Crippen LogP contribution in [0.15, 0.2) is 78.9 Å². The number of carbonyl (C=O) groups excluding carboxylic acids is 2. The highest BCUT2D eigenvalue weighted by molar-refractivity contribution is 6.08. The Kier molecular flexibility index (Phi) is 5.57. The predicted octanol–water partition coefficient (Wildman–Crippen LogP) is 5.28. The van der Waals surface area contributed by atoms with Crippen molar-refractivity contribution < 1.29 is 14.0 Å². The lowest BCUT2D eigenvalue weighted by atomic mass is 10.1. The molecular weight excluding hydrogens is 341 g/mol. The SMILES string of the molecule is Cc1ccc(C(=O)Nc2cccc(C(=O)/C=C/c3ccc(F)cc3)c2)cc1. The number of hydrogen-bond donors (Lipinski definition) is 1. The standard InChI is InChI=1S/C23H18FNO2/c1-16-5-10-18(11-6-16)23(27)25-21-4-2-3-19(15-21)22(26)14-9-17-7-12-20(24)13-8-17/h2-15H,1H3,(H,25,27)/b14-9+. The maximum absolute atomic E-state index is 12.9. The molecule has 3 nitrogen and oxygen atoms in total. The number of ketones is 1. The lowest BCUT2D eigenvalue weighted by molar-refractivity contribution is 0.102. The number of amides is 1. The van der Waals surface area contributed by atoms with Gasteiger partial charge in [0.25, 0.3) is 5.91 Å². The number of anilines is 1. The lowest BCUT2D eigenvalue weighted by Crippen LogP contribution is -2.12. The van der Waals surface area contributed by atoms with Crippen LogP contribution < -0.4 is 5.32 Å². The Labute approximate surface area is 157 Å². The first kappa shape index (κ1) is 18.3. The second kappa shape index (κ2) is 8.23. The molecule has 1 N–H and O–H groups in total. The van der Waals surface area contributed by atoms with E-state index in [-0.39, 0.29) is 17.5 Å². The number of allylic oxidation sites excluding steroid dienone is 1. The molecule has 3 rings (SSSR count). The normalized spacial score (nSPS) is 10.7. The number of carbonyl (C=O) groups is 2. The summed E-state index contributed by atoms with van der Waals surface area (Å²) in [5.41, 5.74) is 3.35. The second-order valence-corrected chi connectivity index (χ2v) is 6.15. The third-order valence-corrected chi connectivity index (χ3v) is 4.02. The van der Waals surface area contributed by atoms with Crippen molar-refractivity contribution in [1.29, 1.82) is 0 Å². The molecular formula is C23H18FNO2. The molecule has 0 heterocycles.